The molecule has 276 valence electrons. The second kappa shape index (κ2) is 21.3. The second-order valence-electron chi connectivity index (χ2n) is 12.9. The smallest absolute Gasteiger partial charge is 0.155 e. The minimum absolute atomic E-state index is 0.103. The number of aromatic nitrogens is 4. The monoisotopic (exact) mass is 772 g/mol. The summed E-state index contributed by atoms with van der Waals surface area (Å²) in [5.74, 6) is 2.55. The average molecular weight is 774 g/mol. The Morgan fingerprint density at radius 3 is 1.72 bits per heavy atom. The van der Waals surface area contributed by atoms with Crippen molar-refractivity contribution in [3.8, 4) is 12.1 Å². The maximum atomic E-state index is 12.7. The molecular formula is C40H43Cl3N8O2. The molecule has 10 nitrogen and oxygen atoms in total. The summed E-state index contributed by atoms with van der Waals surface area (Å²) in [6, 6.07) is 22.6. The van der Waals surface area contributed by atoms with Crippen LogP contribution >= 0.6 is 34.8 Å². The molecule has 2 aromatic heterocycles. The number of nitriles is 2. The first-order chi connectivity index (χ1) is 25.5. The highest BCUT2D eigenvalue weighted by Gasteiger charge is 2.31. The number of carbonyl (C=O) groups is 2. The fourth-order valence-corrected chi connectivity index (χ4v) is 6.99. The van der Waals surface area contributed by atoms with Crippen molar-refractivity contribution in [3.63, 3.8) is 0 Å². The van der Waals surface area contributed by atoms with Crippen molar-refractivity contribution >= 4 is 52.2 Å². The Balaban J connectivity index is 0.000000200. The third-order valence-electron chi connectivity index (χ3n) is 8.88. The zero-order chi connectivity index (χ0) is 38.2. The first-order valence-electron chi connectivity index (χ1n) is 17.8. The molecule has 2 aromatic carbocycles. The van der Waals surface area contributed by atoms with E-state index in [0.717, 1.165) is 75.8 Å². The number of carbonyl (C=O) groups excluding carboxylic acids is 2. The first-order valence-corrected chi connectivity index (χ1v) is 18.9. The number of nitrogens with zero attached hydrogens (tertiary/aromatic N) is 7. The molecule has 0 saturated carbocycles. The predicted molar refractivity (Wildman–Crippen MR) is 208 cm³/mol. The van der Waals surface area contributed by atoms with Crippen molar-refractivity contribution in [1.29, 1.82) is 10.5 Å². The van der Waals surface area contributed by atoms with Gasteiger partial charge in [0.2, 0.25) is 0 Å². The molecule has 2 atom stereocenters. The molecular weight excluding hydrogens is 731 g/mol. The summed E-state index contributed by atoms with van der Waals surface area (Å²) in [6.45, 7) is 5.34. The van der Waals surface area contributed by atoms with E-state index < -0.39 is 0 Å². The second-order valence-corrected chi connectivity index (χ2v) is 14.1. The van der Waals surface area contributed by atoms with E-state index in [1.165, 1.54) is 11.6 Å². The van der Waals surface area contributed by atoms with Gasteiger partial charge >= 0.3 is 0 Å². The lowest BCUT2D eigenvalue weighted by Gasteiger charge is -2.25. The van der Waals surface area contributed by atoms with Crippen molar-refractivity contribution < 1.29 is 9.59 Å². The molecule has 53 heavy (non-hydrogen) atoms. The van der Waals surface area contributed by atoms with E-state index >= 15 is 0 Å². The van der Waals surface area contributed by atoms with Gasteiger partial charge in [0.1, 0.15) is 38.7 Å². The van der Waals surface area contributed by atoms with Crippen LogP contribution in [0.25, 0.3) is 0 Å². The average Bonchev–Trinajstić information content (AvgIpc) is 3.86. The number of ketones is 2. The molecule has 2 fully saturated rings. The number of Topliss-reactive ketones (excluding diaryl/α,β-unsaturated/α-hetero) is 2. The summed E-state index contributed by atoms with van der Waals surface area (Å²) < 4.78 is 0. The van der Waals surface area contributed by atoms with E-state index in [4.69, 9.17) is 45.3 Å². The van der Waals surface area contributed by atoms with Gasteiger partial charge < -0.3 is 10.2 Å². The van der Waals surface area contributed by atoms with Crippen LogP contribution in [-0.4, -0.2) is 56.7 Å². The number of rotatable bonds is 11. The molecule has 2 aliphatic heterocycles. The van der Waals surface area contributed by atoms with Gasteiger partial charge in [0.05, 0.1) is 35.3 Å². The zero-order valence-corrected chi connectivity index (χ0v) is 32.3. The number of halogens is 3. The van der Waals surface area contributed by atoms with Crippen molar-refractivity contribution in [1.82, 2.24) is 25.3 Å². The van der Waals surface area contributed by atoms with E-state index in [1.807, 2.05) is 48.5 Å². The lowest BCUT2D eigenvalue weighted by Crippen LogP contribution is -2.36. The van der Waals surface area contributed by atoms with Gasteiger partial charge in [-0.05, 0) is 107 Å². The van der Waals surface area contributed by atoms with Gasteiger partial charge in [-0.25, -0.2) is 19.9 Å². The van der Waals surface area contributed by atoms with Gasteiger partial charge in [-0.1, -0.05) is 59.1 Å². The Bertz CT molecular complexity index is 1830. The van der Waals surface area contributed by atoms with E-state index in [1.54, 1.807) is 19.9 Å². The quantitative estimate of drug-likeness (QED) is 0.148. The minimum atomic E-state index is -0.124. The summed E-state index contributed by atoms with van der Waals surface area (Å²) in [5, 5.41) is 21.9. The Labute approximate surface area is 326 Å². The number of hydrogen-bond donors (Lipinski definition) is 1. The van der Waals surface area contributed by atoms with Crippen LogP contribution in [0.2, 0.25) is 15.5 Å². The van der Waals surface area contributed by atoms with Crippen LogP contribution in [0.3, 0.4) is 0 Å². The summed E-state index contributed by atoms with van der Waals surface area (Å²) in [7, 11) is 0. The molecule has 0 spiro atoms. The summed E-state index contributed by atoms with van der Waals surface area (Å²) in [5.41, 5.74) is 3.69. The van der Waals surface area contributed by atoms with E-state index in [-0.39, 0.29) is 17.9 Å². The third kappa shape index (κ3) is 13.8. The summed E-state index contributed by atoms with van der Waals surface area (Å²) in [4.78, 5) is 42.8. The molecule has 0 amide bonds. The largest absolute Gasteiger partial charge is 0.346 e. The topological polar surface area (TPSA) is 149 Å². The van der Waals surface area contributed by atoms with Gasteiger partial charge in [-0.2, -0.15) is 10.5 Å². The van der Waals surface area contributed by atoms with Crippen LogP contribution in [0.5, 0.6) is 0 Å². The first kappa shape index (κ1) is 41.3. The van der Waals surface area contributed by atoms with Crippen molar-refractivity contribution in [2.45, 2.75) is 90.1 Å². The molecule has 0 unspecified atom stereocenters. The molecule has 0 radical (unpaired) electrons. The Kier molecular flexibility index (Phi) is 16.6. The molecule has 0 aliphatic carbocycles. The Morgan fingerprint density at radius 2 is 1.25 bits per heavy atom. The highest BCUT2D eigenvalue weighted by Crippen LogP contribution is 2.27. The number of nitrogens with one attached hydrogen (secondary N) is 1. The zero-order valence-electron chi connectivity index (χ0n) is 30.0. The molecule has 13 heteroatoms. The van der Waals surface area contributed by atoms with Crippen LogP contribution in [0.1, 0.15) is 85.3 Å². The lowest BCUT2D eigenvalue weighted by atomic mass is 10.0. The van der Waals surface area contributed by atoms with Gasteiger partial charge in [-0.3, -0.25) is 9.59 Å². The van der Waals surface area contributed by atoms with Gasteiger partial charge in [0, 0.05) is 31.5 Å². The SMILES string of the molecule is Cc1nc(Cl)cc(Cl)n1.Cc1nc(Cl)cc(N2CCC[C@H]2C(=O)CCCc2ccc(C#N)cc2)n1.N#Cc1ccc(CCCC(=O)[C@@H]2CCCN2)cc1. The van der Waals surface area contributed by atoms with Gasteiger partial charge in [0.15, 0.2) is 5.78 Å². The minimum Gasteiger partial charge on any atom is -0.346 e. The van der Waals surface area contributed by atoms with Gasteiger partial charge in [0.25, 0.3) is 0 Å². The molecule has 0 bridgehead atoms. The molecule has 4 heterocycles. The molecule has 2 aliphatic rings. The molecule has 1 N–H and O–H groups in total. The number of benzene rings is 2. The van der Waals surface area contributed by atoms with Crippen molar-refractivity contribution in [3.05, 3.63) is 110 Å². The Morgan fingerprint density at radius 1 is 0.736 bits per heavy atom. The molecule has 2 saturated heterocycles. The van der Waals surface area contributed by atoms with Crippen LogP contribution in [0.4, 0.5) is 5.82 Å². The van der Waals surface area contributed by atoms with Crippen molar-refractivity contribution in [2.24, 2.45) is 0 Å². The van der Waals surface area contributed by atoms with Crippen LogP contribution < -0.4 is 10.2 Å². The number of hydrogen-bond acceptors (Lipinski definition) is 10. The van der Waals surface area contributed by atoms with E-state index in [9.17, 15) is 9.59 Å². The van der Waals surface area contributed by atoms with Gasteiger partial charge in [-0.15, -0.1) is 0 Å². The van der Waals surface area contributed by atoms with Crippen LogP contribution in [-0.2, 0) is 22.4 Å². The third-order valence-corrected chi connectivity index (χ3v) is 9.46. The van der Waals surface area contributed by atoms with E-state index in [0.29, 0.717) is 56.9 Å². The maximum Gasteiger partial charge on any atom is 0.155 e. The highest BCUT2D eigenvalue weighted by atomic mass is 35.5. The van der Waals surface area contributed by atoms with Crippen LogP contribution in [0.15, 0.2) is 60.7 Å². The fourth-order valence-electron chi connectivity index (χ4n) is 6.26. The normalized spacial score (nSPS) is 16.0. The lowest BCUT2D eigenvalue weighted by molar-refractivity contribution is -0.121. The summed E-state index contributed by atoms with van der Waals surface area (Å²) in [6.07, 6.45) is 8.58. The number of anilines is 1. The maximum absolute atomic E-state index is 12.7. The molecule has 4 aromatic rings. The highest BCUT2D eigenvalue weighted by molar-refractivity contribution is 6.33. The summed E-state index contributed by atoms with van der Waals surface area (Å²) >= 11 is 17.1. The predicted octanol–water partition coefficient (Wildman–Crippen LogP) is 8.16. The van der Waals surface area contributed by atoms with Crippen molar-refractivity contribution in [2.75, 3.05) is 18.0 Å². The Hall–Kier alpha value is -4.45. The van der Waals surface area contributed by atoms with Crippen LogP contribution in [0, 0.1) is 36.5 Å². The van der Waals surface area contributed by atoms with E-state index in [2.05, 4.69) is 42.3 Å². The number of aryl methyl sites for hydroxylation is 4. The standard InChI is InChI=1S/C20H21ClN4O.C15H18N2O.C5H4Cl2N2/c1-14-23-19(21)12-20(24-14)25-11-3-5-17(25)18(26)6-2-4-15-7-9-16(13-22)10-8-15;16-11-13-8-6-12(7-9-13)3-1-5-15(18)14-4-2-10-17-14;1-3-8-4(6)2-5(7)9-3/h7-10,12,17H,2-6,11H2,1H3;6-9,14,17H,1-5,10H2;2H,1H3/t17-;14-;/m00./s1. The fraction of sp³-hybridized carbons (Fsp3) is 0.400. The molecule has 6 rings (SSSR count).